The van der Waals surface area contributed by atoms with Crippen LogP contribution in [0.25, 0.3) is 10.9 Å². The van der Waals surface area contributed by atoms with E-state index in [0.717, 1.165) is 25.7 Å². The third kappa shape index (κ3) is 5.56. The average molecular weight is 418 g/mol. The van der Waals surface area contributed by atoms with E-state index in [9.17, 15) is 20.0 Å². The highest BCUT2D eigenvalue weighted by molar-refractivity contribution is 5.86. The number of nitrogens with two attached hydrogens (primary N) is 1. The van der Waals surface area contributed by atoms with Crippen LogP contribution < -0.4 is 10.5 Å². The van der Waals surface area contributed by atoms with Crippen molar-refractivity contribution < 1.29 is 19.6 Å². The summed E-state index contributed by atoms with van der Waals surface area (Å²) in [6.45, 7) is 5.76. The van der Waals surface area contributed by atoms with E-state index in [1.165, 1.54) is 24.1 Å². The minimum Gasteiger partial charge on any atom is -0.496 e. The standard InChI is InChI=1S/C11H22N2O2.C10H8N2O3/c1-11(2,3)13(10(14)15)9-7-5-4-6-8(9)12;1-15-10-4-5-11-9-3-2-7(12(13)14)6-8(9)10/h8-9H,4-7,12H2,1-3H3,(H,14,15);2-6H,1H3/t8-,9+;/m1./s1. The lowest BCUT2D eigenvalue weighted by atomic mass is 9.87. The van der Waals surface area contributed by atoms with E-state index >= 15 is 0 Å². The predicted octanol–water partition coefficient (Wildman–Crippen LogP) is 4.19. The van der Waals surface area contributed by atoms with E-state index in [0.29, 0.717) is 16.7 Å². The number of pyridine rings is 1. The highest BCUT2D eigenvalue weighted by Crippen LogP contribution is 2.28. The maximum absolute atomic E-state index is 11.3. The number of hydrogen-bond donors (Lipinski definition) is 2. The number of nitro groups is 1. The minimum absolute atomic E-state index is 0.00549. The first-order valence-electron chi connectivity index (χ1n) is 9.91. The topological polar surface area (TPSA) is 132 Å². The number of hydrogen-bond acceptors (Lipinski definition) is 6. The highest BCUT2D eigenvalue weighted by Gasteiger charge is 2.37. The molecule has 0 bridgehead atoms. The van der Waals surface area contributed by atoms with Gasteiger partial charge in [0, 0.05) is 35.3 Å². The summed E-state index contributed by atoms with van der Waals surface area (Å²) in [5.74, 6) is 0.587. The Balaban J connectivity index is 0.000000214. The molecule has 1 aromatic carbocycles. The largest absolute Gasteiger partial charge is 0.496 e. The summed E-state index contributed by atoms with van der Waals surface area (Å²) >= 11 is 0. The molecule has 0 spiro atoms. The van der Waals surface area contributed by atoms with E-state index in [2.05, 4.69) is 4.98 Å². The predicted molar refractivity (Wildman–Crippen MR) is 115 cm³/mol. The molecule has 1 aromatic heterocycles. The Morgan fingerprint density at radius 1 is 1.30 bits per heavy atom. The molecule has 1 aliphatic rings. The normalized spacial score (nSPS) is 18.8. The molecule has 9 heteroatoms. The number of benzene rings is 1. The number of carboxylic acid groups (broad SMARTS) is 1. The fourth-order valence-corrected chi connectivity index (χ4v) is 3.79. The van der Waals surface area contributed by atoms with Gasteiger partial charge in [0.05, 0.1) is 23.6 Å². The van der Waals surface area contributed by atoms with Gasteiger partial charge in [-0.3, -0.25) is 20.0 Å². The number of amides is 1. The first-order chi connectivity index (χ1) is 14.1. The van der Waals surface area contributed by atoms with Crippen LogP contribution in [0.5, 0.6) is 5.75 Å². The van der Waals surface area contributed by atoms with Crippen molar-refractivity contribution in [3.8, 4) is 5.75 Å². The van der Waals surface area contributed by atoms with Crippen LogP contribution in [0.3, 0.4) is 0 Å². The van der Waals surface area contributed by atoms with Gasteiger partial charge in [0.1, 0.15) is 5.75 Å². The van der Waals surface area contributed by atoms with Crippen molar-refractivity contribution in [2.75, 3.05) is 7.11 Å². The molecule has 30 heavy (non-hydrogen) atoms. The van der Waals surface area contributed by atoms with Crippen molar-refractivity contribution in [1.82, 2.24) is 9.88 Å². The van der Waals surface area contributed by atoms with E-state index in [1.54, 1.807) is 18.3 Å². The number of nitro benzene ring substituents is 1. The first kappa shape index (κ1) is 23.3. The fraction of sp³-hybridized carbons (Fsp3) is 0.524. The first-order valence-corrected chi connectivity index (χ1v) is 9.91. The van der Waals surface area contributed by atoms with Crippen molar-refractivity contribution in [2.24, 2.45) is 5.73 Å². The van der Waals surface area contributed by atoms with Crippen molar-refractivity contribution in [3.05, 3.63) is 40.6 Å². The average Bonchev–Trinajstić information content (AvgIpc) is 2.68. The van der Waals surface area contributed by atoms with Gasteiger partial charge in [0.25, 0.3) is 5.69 Å². The second-order valence-electron chi connectivity index (χ2n) is 8.31. The molecule has 0 aliphatic heterocycles. The van der Waals surface area contributed by atoms with Crippen LogP contribution in [0, 0.1) is 10.1 Å². The van der Waals surface area contributed by atoms with Crippen LogP contribution in [0.4, 0.5) is 10.5 Å². The number of nitrogens with zero attached hydrogens (tertiary/aromatic N) is 3. The van der Waals surface area contributed by atoms with Crippen LogP contribution >= 0.6 is 0 Å². The summed E-state index contributed by atoms with van der Waals surface area (Å²) in [6, 6.07) is 6.14. The van der Waals surface area contributed by atoms with Crippen LogP contribution in [0.15, 0.2) is 30.5 Å². The molecule has 3 rings (SSSR count). The third-order valence-electron chi connectivity index (χ3n) is 5.16. The Labute approximate surface area is 176 Å². The van der Waals surface area contributed by atoms with Gasteiger partial charge in [-0.05, 0) is 45.7 Å². The molecule has 0 radical (unpaired) electrons. The van der Waals surface area contributed by atoms with Gasteiger partial charge in [-0.15, -0.1) is 0 Å². The number of rotatable bonds is 3. The van der Waals surface area contributed by atoms with Crippen molar-refractivity contribution >= 4 is 22.7 Å². The number of non-ortho nitro benzene ring substituents is 1. The molecule has 0 unspecified atom stereocenters. The molecule has 1 heterocycles. The minimum atomic E-state index is -0.857. The lowest BCUT2D eigenvalue weighted by Gasteiger charge is -2.44. The summed E-state index contributed by atoms with van der Waals surface area (Å²) in [7, 11) is 1.52. The summed E-state index contributed by atoms with van der Waals surface area (Å²) in [4.78, 5) is 27.0. The van der Waals surface area contributed by atoms with E-state index in [-0.39, 0.29) is 23.3 Å². The Morgan fingerprint density at radius 2 is 1.97 bits per heavy atom. The monoisotopic (exact) mass is 418 g/mol. The second-order valence-corrected chi connectivity index (χ2v) is 8.31. The maximum atomic E-state index is 11.3. The second kappa shape index (κ2) is 9.71. The maximum Gasteiger partial charge on any atom is 0.408 e. The molecule has 1 fully saturated rings. The van der Waals surface area contributed by atoms with Crippen LogP contribution in [-0.2, 0) is 0 Å². The van der Waals surface area contributed by atoms with Gasteiger partial charge in [0.2, 0.25) is 0 Å². The zero-order valence-corrected chi connectivity index (χ0v) is 17.9. The Morgan fingerprint density at radius 3 is 2.50 bits per heavy atom. The Bertz CT molecular complexity index is 897. The zero-order chi connectivity index (χ0) is 22.5. The van der Waals surface area contributed by atoms with Crippen LogP contribution in [0.1, 0.15) is 46.5 Å². The molecule has 0 saturated heterocycles. The van der Waals surface area contributed by atoms with Crippen molar-refractivity contribution in [2.45, 2.75) is 64.1 Å². The van der Waals surface area contributed by atoms with Gasteiger partial charge in [-0.1, -0.05) is 12.8 Å². The zero-order valence-electron chi connectivity index (χ0n) is 17.9. The van der Waals surface area contributed by atoms with Gasteiger partial charge in [0.15, 0.2) is 0 Å². The van der Waals surface area contributed by atoms with Crippen LogP contribution in [0.2, 0.25) is 0 Å². The number of aromatic nitrogens is 1. The van der Waals surface area contributed by atoms with Gasteiger partial charge in [-0.2, -0.15) is 0 Å². The van der Waals surface area contributed by atoms with Crippen molar-refractivity contribution in [3.63, 3.8) is 0 Å². The quantitative estimate of drug-likeness (QED) is 0.564. The molecular weight excluding hydrogens is 388 g/mol. The van der Waals surface area contributed by atoms with Gasteiger partial charge >= 0.3 is 6.09 Å². The Kier molecular flexibility index (Phi) is 7.55. The number of methoxy groups -OCH3 is 1. The summed E-state index contributed by atoms with van der Waals surface area (Å²) in [6.07, 6.45) is 4.78. The molecule has 2 aromatic rings. The molecule has 1 amide bonds. The summed E-state index contributed by atoms with van der Waals surface area (Å²) in [5, 5.41) is 20.5. The highest BCUT2D eigenvalue weighted by atomic mass is 16.6. The van der Waals surface area contributed by atoms with Gasteiger partial charge < -0.3 is 15.6 Å². The number of fused-ring (bicyclic) bond motifs is 1. The molecule has 3 N–H and O–H groups in total. The van der Waals surface area contributed by atoms with Crippen molar-refractivity contribution in [1.29, 1.82) is 0 Å². The smallest absolute Gasteiger partial charge is 0.408 e. The number of carbonyl (C=O) groups is 1. The molecule has 1 saturated carbocycles. The molecule has 9 nitrogen and oxygen atoms in total. The number of ether oxygens (including phenoxy) is 1. The van der Waals surface area contributed by atoms with E-state index in [4.69, 9.17) is 10.5 Å². The molecule has 2 atom stereocenters. The molecule has 164 valence electrons. The van der Waals surface area contributed by atoms with E-state index < -0.39 is 11.0 Å². The summed E-state index contributed by atoms with van der Waals surface area (Å²) < 4.78 is 5.10. The third-order valence-corrected chi connectivity index (χ3v) is 5.16. The lowest BCUT2D eigenvalue weighted by Crippen LogP contribution is -2.58. The molecule has 1 aliphatic carbocycles. The van der Waals surface area contributed by atoms with Gasteiger partial charge in [-0.25, -0.2) is 4.79 Å². The SMILES string of the molecule is CC(C)(C)N(C(=O)O)[C@H]1CCCC[C@H]1N.COc1ccnc2ccc([N+](=O)[O-])cc12. The van der Waals surface area contributed by atoms with E-state index in [1.807, 2.05) is 20.8 Å². The fourth-order valence-electron chi connectivity index (χ4n) is 3.79. The summed E-state index contributed by atoms with van der Waals surface area (Å²) in [5.41, 5.74) is 6.36. The molecular formula is C21H30N4O5. The van der Waals surface area contributed by atoms with Crippen LogP contribution in [-0.4, -0.2) is 50.7 Å². The lowest BCUT2D eigenvalue weighted by molar-refractivity contribution is -0.384. The Hall–Kier alpha value is -2.94.